The number of piperazine rings is 1. The summed E-state index contributed by atoms with van der Waals surface area (Å²) in [5.74, 6) is -0.125. The van der Waals surface area contributed by atoms with Gasteiger partial charge in [0.25, 0.3) is 0 Å². The maximum absolute atomic E-state index is 13.7. The van der Waals surface area contributed by atoms with Crippen LogP contribution >= 0.6 is 0 Å². The molecule has 6 heteroatoms. The molecule has 0 saturated carbocycles. The second-order valence-electron chi connectivity index (χ2n) is 7.06. The standard InChI is InChI=1S/C19H28FN3O2/c20-17-7-3-2-6-16(17)18(24)14-21-10-12-22(13-11-21)15-19(25)23-8-4-1-5-9-23/h2-3,6-7,18,24H,1,4-5,8-15H2. The molecule has 0 spiro atoms. The van der Waals surface area contributed by atoms with Crippen LogP contribution in [0.1, 0.15) is 30.9 Å². The lowest BCUT2D eigenvalue weighted by Crippen LogP contribution is -2.51. The lowest BCUT2D eigenvalue weighted by Gasteiger charge is -2.36. The Bertz CT molecular complexity index is 570. The van der Waals surface area contributed by atoms with E-state index >= 15 is 0 Å². The molecule has 1 unspecified atom stereocenters. The van der Waals surface area contributed by atoms with E-state index in [1.807, 2.05) is 4.90 Å². The van der Waals surface area contributed by atoms with E-state index in [0.717, 1.165) is 52.1 Å². The maximum Gasteiger partial charge on any atom is 0.236 e. The second-order valence-corrected chi connectivity index (χ2v) is 7.06. The summed E-state index contributed by atoms with van der Waals surface area (Å²) in [5.41, 5.74) is 0.352. The first-order valence-corrected chi connectivity index (χ1v) is 9.28. The largest absolute Gasteiger partial charge is 0.387 e. The smallest absolute Gasteiger partial charge is 0.236 e. The first kappa shape index (κ1) is 18.3. The minimum absolute atomic E-state index is 0.236. The highest BCUT2D eigenvalue weighted by molar-refractivity contribution is 5.78. The van der Waals surface area contributed by atoms with Crippen LogP contribution in [0.5, 0.6) is 0 Å². The third-order valence-corrected chi connectivity index (χ3v) is 5.23. The molecule has 2 heterocycles. The first-order valence-electron chi connectivity index (χ1n) is 9.28. The molecule has 2 fully saturated rings. The van der Waals surface area contributed by atoms with Gasteiger partial charge in [-0.15, -0.1) is 0 Å². The highest BCUT2D eigenvalue weighted by Gasteiger charge is 2.24. The molecule has 0 aliphatic carbocycles. The molecule has 1 N–H and O–H groups in total. The Hall–Kier alpha value is -1.50. The van der Waals surface area contributed by atoms with Crippen LogP contribution in [0, 0.1) is 5.82 Å². The van der Waals surface area contributed by atoms with Crippen LogP contribution in [-0.4, -0.2) is 78.1 Å². The van der Waals surface area contributed by atoms with E-state index in [2.05, 4.69) is 9.80 Å². The predicted molar refractivity (Wildman–Crippen MR) is 94.7 cm³/mol. The molecule has 0 aromatic heterocycles. The summed E-state index contributed by atoms with van der Waals surface area (Å²) in [7, 11) is 0. The molecule has 138 valence electrons. The Kier molecular flexibility index (Phi) is 6.39. The molecule has 3 rings (SSSR count). The number of hydrogen-bond donors (Lipinski definition) is 1. The number of aliphatic hydroxyl groups is 1. The zero-order chi connectivity index (χ0) is 17.6. The van der Waals surface area contributed by atoms with Gasteiger partial charge in [0.15, 0.2) is 0 Å². The van der Waals surface area contributed by atoms with Crippen molar-refractivity contribution in [2.24, 2.45) is 0 Å². The number of rotatable bonds is 5. The average molecular weight is 349 g/mol. The molecule has 0 bridgehead atoms. The van der Waals surface area contributed by atoms with Crippen molar-refractivity contribution in [2.45, 2.75) is 25.4 Å². The summed E-state index contributed by atoms with van der Waals surface area (Å²) in [5, 5.41) is 10.3. The van der Waals surface area contributed by atoms with Gasteiger partial charge in [-0.3, -0.25) is 14.6 Å². The number of carbonyl (C=O) groups is 1. The topological polar surface area (TPSA) is 47.0 Å². The fourth-order valence-corrected chi connectivity index (χ4v) is 3.65. The van der Waals surface area contributed by atoms with Crippen molar-refractivity contribution in [2.75, 3.05) is 52.4 Å². The number of amides is 1. The molecule has 1 aromatic rings. The number of β-amino-alcohol motifs (C(OH)–C–C–N with tert-alkyl or cyclic N) is 1. The van der Waals surface area contributed by atoms with Gasteiger partial charge in [0, 0.05) is 51.4 Å². The van der Waals surface area contributed by atoms with Crippen LogP contribution in [-0.2, 0) is 4.79 Å². The quantitative estimate of drug-likeness (QED) is 0.875. The minimum Gasteiger partial charge on any atom is -0.387 e. The van der Waals surface area contributed by atoms with Gasteiger partial charge in [0.1, 0.15) is 5.82 Å². The van der Waals surface area contributed by atoms with E-state index in [4.69, 9.17) is 0 Å². The van der Waals surface area contributed by atoms with Crippen LogP contribution in [0.15, 0.2) is 24.3 Å². The fourth-order valence-electron chi connectivity index (χ4n) is 3.65. The zero-order valence-electron chi connectivity index (χ0n) is 14.7. The molecular weight excluding hydrogens is 321 g/mol. The lowest BCUT2D eigenvalue weighted by atomic mass is 10.1. The summed E-state index contributed by atoms with van der Waals surface area (Å²) in [6.07, 6.45) is 2.65. The molecule has 2 aliphatic heterocycles. The average Bonchev–Trinajstić information content (AvgIpc) is 2.64. The number of likely N-dealkylation sites (tertiary alicyclic amines) is 1. The summed E-state index contributed by atoms with van der Waals surface area (Å²) in [6, 6.07) is 6.38. The molecule has 2 aliphatic rings. The van der Waals surface area contributed by atoms with E-state index in [0.29, 0.717) is 18.7 Å². The third kappa shape index (κ3) is 5.00. The van der Waals surface area contributed by atoms with Gasteiger partial charge in [-0.05, 0) is 25.3 Å². The molecule has 2 saturated heterocycles. The zero-order valence-corrected chi connectivity index (χ0v) is 14.7. The van der Waals surface area contributed by atoms with Gasteiger partial charge in [0.05, 0.1) is 12.6 Å². The van der Waals surface area contributed by atoms with Gasteiger partial charge in [0.2, 0.25) is 5.91 Å². The van der Waals surface area contributed by atoms with Gasteiger partial charge < -0.3 is 10.0 Å². The van der Waals surface area contributed by atoms with E-state index in [-0.39, 0.29) is 11.7 Å². The highest BCUT2D eigenvalue weighted by atomic mass is 19.1. The van der Waals surface area contributed by atoms with E-state index in [9.17, 15) is 14.3 Å². The number of halogens is 1. The minimum atomic E-state index is -0.817. The Morgan fingerprint density at radius 3 is 2.32 bits per heavy atom. The summed E-state index contributed by atoms with van der Waals surface area (Å²) >= 11 is 0. The number of carbonyl (C=O) groups excluding carboxylic acids is 1. The summed E-state index contributed by atoms with van der Waals surface area (Å²) < 4.78 is 13.7. The Labute approximate surface area is 149 Å². The van der Waals surface area contributed by atoms with Crippen LogP contribution in [0.25, 0.3) is 0 Å². The van der Waals surface area contributed by atoms with Crippen molar-refractivity contribution < 1.29 is 14.3 Å². The number of nitrogens with zero attached hydrogens (tertiary/aromatic N) is 3. The molecule has 1 atom stereocenters. The van der Waals surface area contributed by atoms with Gasteiger partial charge in [-0.25, -0.2) is 4.39 Å². The highest BCUT2D eigenvalue weighted by Crippen LogP contribution is 2.18. The molecule has 5 nitrogen and oxygen atoms in total. The number of hydrogen-bond acceptors (Lipinski definition) is 4. The van der Waals surface area contributed by atoms with Crippen molar-refractivity contribution in [3.05, 3.63) is 35.6 Å². The van der Waals surface area contributed by atoms with Gasteiger partial charge in [-0.2, -0.15) is 0 Å². The Balaban J connectivity index is 1.42. The third-order valence-electron chi connectivity index (χ3n) is 5.23. The van der Waals surface area contributed by atoms with Crippen LogP contribution in [0.3, 0.4) is 0 Å². The number of aliphatic hydroxyl groups excluding tert-OH is 1. The van der Waals surface area contributed by atoms with Crippen LogP contribution < -0.4 is 0 Å². The molecular formula is C19H28FN3O2. The SMILES string of the molecule is O=C(CN1CCN(CC(O)c2ccccc2F)CC1)N1CCCCC1. The van der Waals surface area contributed by atoms with E-state index in [1.54, 1.807) is 18.2 Å². The fraction of sp³-hybridized carbons (Fsp3) is 0.632. The first-order chi connectivity index (χ1) is 12.1. The van der Waals surface area contributed by atoms with E-state index in [1.165, 1.54) is 12.5 Å². The maximum atomic E-state index is 13.7. The Morgan fingerprint density at radius 2 is 1.64 bits per heavy atom. The van der Waals surface area contributed by atoms with Crippen molar-refractivity contribution in [1.29, 1.82) is 0 Å². The van der Waals surface area contributed by atoms with Crippen molar-refractivity contribution in [3.8, 4) is 0 Å². The number of benzene rings is 1. The Morgan fingerprint density at radius 1 is 1.00 bits per heavy atom. The second kappa shape index (κ2) is 8.74. The van der Waals surface area contributed by atoms with Crippen LogP contribution in [0.4, 0.5) is 4.39 Å². The summed E-state index contributed by atoms with van der Waals surface area (Å²) in [4.78, 5) is 18.6. The predicted octanol–water partition coefficient (Wildman–Crippen LogP) is 1.49. The molecule has 25 heavy (non-hydrogen) atoms. The summed E-state index contributed by atoms with van der Waals surface area (Å²) in [6.45, 7) is 5.91. The number of piperidine rings is 1. The van der Waals surface area contributed by atoms with Crippen LogP contribution in [0.2, 0.25) is 0 Å². The van der Waals surface area contributed by atoms with Crippen molar-refractivity contribution in [1.82, 2.24) is 14.7 Å². The van der Waals surface area contributed by atoms with Gasteiger partial charge >= 0.3 is 0 Å². The normalized spacial score (nSPS) is 21.3. The van der Waals surface area contributed by atoms with Crippen molar-refractivity contribution >= 4 is 5.91 Å². The van der Waals surface area contributed by atoms with Crippen molar-refractivity contribution in [3.63, 3.8) is 0 Å². The lowest BCUT2D eigenvalue weighted by molar-refractivity contribution is -0.133. The molecule has 1 aromatic carbocycles. The van der Waals surface area contributed by atoms with E-state index < -0.39 is 6.10 Å². The monoisotopic (exact) mass is 349 g/mol. The molecule has 1 amide bonds. The molecule has 0 radical (unpaired) electrons. The van der Waals surface area contributed by atoms with Gasteiger partial charge in [-0.1, -0.05) is 18.2 Å².